The van der Waals surface area contributed by atoms with E-state index in [0.29, 0.717) is 65.9 Å². The zero-order valence-corrected chi connectivity index (χ0v) is 22.4. The summed E-state index contributed by atoms with van der Waals surface area (Å²) in [6.45, 7) is 4.63. The molecular weight excluding hydrogens is 537 g/mol. The van der Waals surface area contributed by atoms with Crippen molar-refractivity contribution in [1.82, 2.24) is 14.9 Å². The summed E-state index contributed by atoms with van der Waals surface area (Å²) >= 11 is 0. The number of hydrogen-bond donors (Lipinski definition) is 1. The van der Waals surface area contributed by atoms with Gasteiger partial charge in [-0.1, -0.05) is 6.58 Å². The van der Waals surface area contributed by atoms with E-state index in [1.807, 2.05) is 0 Å². The zero-order valence-electron chi connectivity index (χ0n) is 22.4. The van der Waals surface area contributed by atoms with E-state index in [2.05, 4.69) is 21.9 Å². The maximum Gasteiger partial charge on any atom is 0.245 e. The first-order valence-corrected chi connectivity index (χ1v) is 12.8. The molecule has 1 aliphatic rings. The van der Waals surface area contributed by atoms with Gasteiger partial charge in [-0.2, -0.15) is 0 Å². The molecule has 0 bridgehead atoms. The van der Waals surface area contributed by atoms with E-state index in [1.54, 1.807) is 17.0 Å². The van der Waals surface area contributed by atoms with Gasteiger partial charge in [0, 0.05) is 60.6 Å². The fourth-order valence-corrected chi connectivity index (χ4v) is 4.78. The molecule has 0 spiro atoms. The van der Waals surface area contributed by atoms with Crippen LogP contribution in [0.5, 0.6) is 17.2 Å². The Balaban J connectivity index is 1.49. The number of ether oxygens (including phenoxy) is 3. The van der Waals surface area contributed by atoms with Crippen LogP contribution in [0.1, 0.15) is 12.8 Å². The van der Waals surface area contributed by atoms with E-state index in [4.69, 9.17) is 14.2 Å². The van der Waals surface area contributed by atoms with Crippen molar-refractivity contribution in [3.8, 4) is 28.4 Å². The highest BCUT2D eigenvalue weighted by molar-refractivity contribution is 5.94. The minimum atomic E-state index is -0.902. The van der Waals surface area contributed by atoms with Gasteiger partial charge in [-0.25, -0.2) is 23.1 Å². The molecule has 0 unspecified atom stereocenters. The van der Waals surface area contributed by atoms with Crippen LogP contribution >= 0.6 is 0 Å². The van der Waals surface area contributed by atoms with Crippen molar-refractivity contribution in [2.75, 3.05) is 32.6 Å². The Hall–Kier alpha value is -4.80. The number of piperidine rings is 1. The molecule has 1 amide bonds. The first-order chi connectivity index (χ1) is 19.8. The lowest BCUT2D eigenvalue weighted by atomic mass is 10.0. The molecular formula is C30H27F3N4O4. The number of rotatable bonds is 8. The van der Waals surface area contributed by atoms with Gasteiger partial charge in [0.25, 0.3) is 0 Å². The highest BCUT2D eigenvalue weighted by Crippen LogP contribution is 2.39. The van der Waals surface area contributed by atoms with Crippen LogP contribution in [0.3, 0.4) is 0 Å². The van der Waals surface area contributed by atoms with Gasteiger partial charge in [-0.15, -0.1) is 0 Å². The number of likely N-dealkylation sites (tertiary alicyclic amines) is 1. The van der Waals surface area contributed by atoms with E-state index in [1.165, 1.54) is 38.8 Å². The Morgan fingerprint density at radius 1 is 0.951 bits per heavy atom. The minimum absolute atomic E-state index is 0.0869. The summed E-state index contributed by atoms with van der Waals surface area (Å²) in [7, 11) is 2.90. The van der Waals surface area contributed by atoms with Crippen LogP contribution in [0.15, 0.2) is 61.4 Å². The number of carbonyl (C=O) groups excluding carboxylic acids is 1. The molecule has 2 heterocycles. The highest BCUT2D eigenvalue weighted by Gasteiger charge is 2.24. The predicted octanol–water partition coefficient (Wildman–Crippen LogP) is 6.03. The van der Waals surface area contributed by atoms with Crippen molar-refractivity contribution >= 4 is 28.3 Å². The Bertz CT molecular complexity index is 1620. The van der Waals surface area contributed by atoms with E-state index in [0.717, 1.165) is 12.1 Å². The first-order valence-electron chi connectivity index (χ1n) is 12.8. The number of benzene rings is 3. The Morgan fingerprint density at radius 2 is 1.68 bits per heavy atom. The molecule has 1 aromatic heterocycles. The average Bonchev–Trinajstić information content (AvgIpc) is 2.98. The zero-order chi connectivity index (χ0) is 29.1. The highest BCUT2D eigenvalue weighted by atomic mass is 19.1. The van der Waals surface area contributed by atoms with Crippen molar-refractivity contribution in [3.63, 3.8) is 0 Å². The normalized spacial score (nSPS) is 13.6. The van der Waals surface area contributed by atoms with E-state index in [9.17, 15) is 18.0 Å². The Kier molecular flexibility index (Phi) is 7.95. The number of aromatic nitrogens is 2. The van der Waals surface area contributed by atoms with Gasteiger partial charge in [0.2, 0.25) is 5.91 Å². The molecule has 0 atom stereocenters. The predicted molar refractivity (Wildman–Crippen MR) is 148 cm³/mol. The van der Waals surface area contributed by atoms with Crippen LogP contribution in [0.4, 0.5) is 24.7 Å². The van der Waals surface area contributed by atoms with Crippen LogP contribution in [0.2, 0.25) is 0 Å². The molecule has 11 heteroatoms. The third-order valence-corrected chi connectivity index (χ3v) is 6.91. The minimum Gasteiger partial charge on any atom is -0.494 e. The first kappa shape index (κ1) is 27.8. The van der Waals surface area contributed by atoms with Gasteiger partial charge < -0.3 is 24.4 Å². The van der Waals surface area contributed by atoms with E-state index in [-0.39, 0.29) is 28.9 Å². The average molecular weight is 565 g/mol. The summed E-state index contributed by atoms with van der Waals surface area (Å²) < 4.78 is 60.2. The molecule has 5 rings (SSSR count). The van der Waals surface area contributed by atoms with Crippen molar-refractivity contribution in [3.05, 3.63) is 78.9 Å². The molecule has 1 fully saturated rings. The molecule has 212 valence electrons. The van der Waals surface area contributed by atoms with Gasteiger partial charge in [-0.3, -0.25) is 4.79 Å². The summed E-state index contributed by atoms with van der Waals surface area (Å²) in [6.07, 6.45) is 3.77. The second-order valence-corrected chi connectivity index (χ2v) is 9.37. The number of anilines is 2. The quantitative estimate of drug-likeness (QED) is 0.262. The molecule has 1 saturated heterocycles. The Morgan fingerprint density at radius 3 is 2.37 bits per heavy atom. The van der Waals surface area contributed by atoms with Crippen LogP contribution in [0, 0.1) is 17.5 Å². The number of nitrogens with zero attached hydrogens (tertiary/aromatic N) is 3. The van der Waals surface area contributed by atoms with E-state index < -0.39 is 17.5 Å². The van der Waals surface area contributed by atoms with Crippen LogP contribution < -0.4 is 19.5 Å². The second-order valence-electron chi connectivity index (χ2n) is 9.37. The SMILES string of the molecule is C=CC(=O)N1CCC(Oc2cc3c(Nc4cc(-c5ccc(F)cc5F)c(F)cc4OC)ncnc3cc2OC)CC1. The van der Waals surface area contributed by atoms with Crippen molar-refractivity contribution in [1.29, 1.82) is 0 Å². The van der Waals surface area contributed by atoms with Gasteiger partial charge in [0.05, 0.1) is 25.4 Å². The van der Waals surface area contributed by atoms with Gasteiger partial charge in [0.1, 0.15) is 41.5 Å². The molecule has 1 N–H and O–H groups in total. The van der Waals surface area contributed by atoms with Crippen LogP contribution in [-0.2, 0) is 4.79 Å². The number of amides is 1. The molecule has 8 nitrogen and oxygen atoms in total. The molecule has 0 aliphatic carbocycles. The number of nitrogens with one attached hydrogen (secondary N) is 1. The maximum atomic E-state index is 15.0. The third-order valence-electron chi connectivity index (χ3n) is 6.91. The lowest BCUT2D eigenvalue weighted by Gasteiger charge is -2.31. The van der Waals surface area contributed by atoms with Gasteiger partial charge in [0.15, 0.2) is 11.5 Å². The lowest BCUT2D eigenvalue weighted by molar-refractivity contribution is -0.127. The van der Waals surface area contributed by atoms with Crippen LogP contribution in [-0.4, -0.2) is 54.2 Å². The number of fused-ring (bicyclic) bond motifs is 1. The molecule has 3 aromatic carbocycles. The van der Waals surface area contributed by atoms with Crippen molar-refractivity contribution < 1.29 is 32.2 Å². The topological polar surface area (TPSA) is 85.8 Å². The molecule has 1 aliphatic heterocycles. The largest absolute Gasteiger partial charge is 0.494 e. The van der Waals surface area contributed by atoms with Crippen LogP contribution in [0.25, 0.3) is 22.0 Å². The fraction of sp³-hybridized carbons (Fsp3) is 0.233. The third kappa shape index (κ3) is 5.74. The number of hydrogen-bond acceptors (Lipinski definition) is 7. The molecule has 0 radical (unpaired) electrons. The summed E-state index contributed by atoms with van der Waals surface area (Å²) in [6, 6.07) is 8.88. The molecule has 4 aromatic rings. The Labute approximate surface area is 234 Å². The number of halogens is 3. The monoisotopic (exact) mass is 564 g/mol. The number of methoxy groups -OCH3 is 2. The lowest BCUT2D eigenvalue weighted by Crippen LogP contribution is -2.41. The van der Waals surface area contributed by atoms with Gasteiger partial charge in [-0.05, 0) is 30.3 Å². The maximum absolute atomic E-state index is 15.0. The molecule has 41 heavy (non-hydrogen) atoms. The second kappa shape index (κ2) is 11.7. The summed E-state index contributed by atoms with van der Waals surface area (Å²) in [5.41, 5.74) is 0.647. The van der Waals surface area contributed by atoms with Crippen molar-refractivity contribution in [2.24, 2.45) is 0 Å². The summed E-state index contributed by atoms with van der Waals surface area (Å²) in [5, 5.41) is 3.71. The van der Waals surface area contributed by atoms with E-state index >= 15 is 0 Å². The number of carbonyl (C=O) groups is 1. The smallest absolute Gasteiger partial charge is 0.245 e. The standard InChI is InChI=1S/C30H27F3N4O4/c1-4-29(38)37-9-7-18(8-10-37)41-28-13-21-24(15-27(28)40-3)34-16-35-30(21)36-25-12-20(23(33)14-26(25)39-2)19-6-5-17(31)11-22(19)32/h4-6,11-16,18H,1,7-10H2,2-3H3,(H,34,35,36). The van der Waals surface area contributed by atoms with Gasteiger partial charge >= 0.3 is 0 Å². The summed E-state index contributed by atoms with van der Waals surface area (Å²) in [5.74, 6) is -1.09. The van der Waals surface area contributed by atoms with Crippen molar-refractivity contribution in [2.45, 2.75) is 18.9 Å². The molecule has 0 saturated carbocycles. The fourth-order valence-electron chi connectivity index (χ4n) is 4.78. The summed E-state index contributed by atoms with van der Waals surface area (Å²) in [4.78, 5) is 22.4.